The first-order valence-corrected chi connectivity index (χ1v) is 9.86. The Balaban J connectivity index is 1.91. The molecule has 0 aliphatic rings. The summed E-state index contributed by atoms with van der Waals surface area (Å²) in [6.07, 6.45) is -4.57. The van der Waals surface area contributed by atoms with Gasteiger partial charge >= 0.3 is 17.5 Å². The second-order valence-electron chi connectivity index (χ2n) is 6.45. The van der Waals surface area contributed by atoms with Crippen LogP contribution in [0.3, 0.4) is 0 Å². The summed E-state index contributed by atoms with van der Waals surface area (Å²) in [6.45, 7) is 0. The van der Waals surface area contributed by atoms with E-state index in [2.05, 4.69) is 20.1 Å². The van der Waals surface area contributed by atoms with Crippen LogP contribution in [0.1, 0.15) is 16.7 Å². The number of hydrogen-bond acceptors (Lipinski definition) is 8. The predicted octanol–water partition coefficient (Wildman–Crippen LogP) is 1.93. The average molecular weight is 476 g/mol. The van der Waals surface area contributed by atoms with E-state index >= 15 is 0 Å². The maximum atomic E-state index is 12.8. The second kappa shape index (κ2) is 9.05. The number of nitriles is 2. The van der Waals surface area contributed by atoms with E-state index in [1.165, 1.54) is 13.1 Å². The van der Waals surface area contributed by atoms with Gasteiger partial charge in [0, 0.05) is 5.69 Å². The van der Waals surface area contributed by atoms with Crippen LogP contribution >= 0.6 is 11.8 Å². The molecule has 0 atom stereocenters. The highest BCUT2D eigenvalue weighted by atomic mass is 32.2. The van der Waals surface area contributed by atoms with Crippen LogP contribution in [0, 0.1) is 22.7 Å². The highest BCUT2D eigenvalue weighted by molar-refractivity contribution is 8.00. The minimum absolute atomic E-state index is 0.0520. The molecule has 0 aliphatic heterocycles. The van der Waals surface area contributed by atoms with Crippen LogP contribution in [0.15, 0.2) is 38.6 Å². The molecule has 4 N–H and O–H groups in total. The number of aromatic amines is 1. The number of H-pyrrole nitrogens is 1. The zero-order valence-corrected chi connectivity index (χ0v) is 17.5. The zero-order valence-electron chi connectivity index (χ0n) is 16.6. The minimum atomic E-state index is -4.57. The molecule has 0 bridgehead atoms. The van der Waals surface area contributed by atoms with Crippen molar-refractivity contribution in [1.82, 2.24) is 10.3 Å². The monoisotopic (exact) mass is 476 g/mol. The lowest BCUT2D eigenvalue weighted by Gasteiger charge is -2.11. The first kappa shape index (κ1) is 23.4. The Kier molecular flexibility index (Phi) is 6.41. The van der Waals surface area contributed by atoms with Gasteiger partial charge in [0.1, 0.15) is 34.1 Å². The van der Waals surface area contributed by atoms with Crippen LogP contribution < -0.4 is 21.4 Å². The number of pyridine rings is 1. The van der Waals surface area contributed by atoms with Crippen molar-refractivity contribution < 1.29 is 27.2 Å². The third-order valence-electron chi connectivity index (χ3n) is 4.27. The van der Waals surface area contributed by atoms with Crippen molar-refractivity contribution >= 4 is 29.2 Å². The zero-order chi connectivity index (χ0) is 24.3. The molecule has 3 rings (SSSR count). The van der Waals surface area contributed by atoms with Crippen LogP contribution in [0.2, 0.25) is 0 Å². The Hall–Kier alpha value is -4.30. The lowest BCUT2D eigenvalue weighted by Crippen LogP contribution is -2.34. The Morgan fingerprint density at radius 3 is 2.61 bits per heavy atom. The molecule has 0 saturated carbocycles. The number of nitrogens with zero attached hydrogens (tertiary/aromatic N) is 4. The largest absolute Gasteiger partial charge is 0.435 e. The van der Waals surface area contributed by atoms with E-state index in [0.29, 0.717) is 0 Å². The van der Waals surface area contributed by atoms with Crippen molar-refractivity contribution in [3.05, 3.63) is 51.4 Å². The summed E-state index contributed by atoms with van der Waals surface area (Å²) in [6, 6.07) is 7.74. The highest BCUT2D eigenvalue weighted by Gasteiger charge is 2.32. The van der Waals surface area contributed by atoms with Crippen molar-refractivity contribution in [3.8, 4) is 23.4 Å². The molecule has 0 aliphatic carbocycles. The molecular weight excluding hydrogens is 463 g/mol. The number of thioether (sulfide) groups is 1. The van der Waals surface area contributed by atoms with Crippen molar-refractivity contribution in [2.75, 3.05) is 16.8 Å². The molecule has 2 heterocycles. The number of rotatable bonds is 5. The molecule has 0 unspecified atom stereocenters. The van der Waals surface area contributed by atoms with Gasteiger partial charge in [-0.1, -0.05) is 22.5 Å². The lowest BCUT2D eigenvalue weighted by atomic mass is 10.0. The fourth-order valence-electron chi connectivity index (χ4n) is 2.85. The standard InChI is InChI=1S/C19H12F3N7O3S/c1-29-15(18(31)32-28-29)14-11(6-23)16(25)27-17(12(14)7-24)33-8-13(30)26-10-4-2-3-9(5-10)19(20,21)22/h2-5H,8H2,1H3,(H3-,25,26,27,28,30,31)/p+1. The number of aryl methyl sites for hydroxylation is 1. The van der Waals surface area contributed by atoms with Gasteiger partial charge in [-0.25, -0.2) is 9.78 Å². The molecule has 3 aromatic rings. The summed E-state index contributed by atoms with van der Waals surface area (Å²) >= 11 is 0.756. The number of carbonyl (C=O) groups is 1. The van der Waals surface area contributed by atoms with Gasteiger partial charge in [-0.15, -0.1) is 0 Å². The lowest BCUT2D eigenvalue weighted by molar-refractivity contribution is -0.730. The summed E-state index contributed by atoms with van der Waals surface area (Å²) in [5.41, 5.74) is 3.27. The summed E-state index contributed by atoms with van der Waals surface area (Å²) in [4.78, 5) is 28.4. The van der Waals surface area contributed by atoms with Crippen LogP contribution in [0.25, 0.3) is 11.3 Å². The number of nitrogens with two attached hydrogens (primary N) is 1. The molecular formula is C19H13F3N7O3S+. The smallest absolute Gasteiger partial charge is 0.383 e. The Bertz CT molecular complexity index is 1380. The van der Waals surface area contributed by atoms with Crippen molar-refractivity contribution in [2.24, 2.45) is 7.05 Å². The summed E-state index contributed by atoms with van der Waals surface area (Å²) in [5.74, 6) is -1.31. The number of carbonyl (C=O) groups excluding carboxylic acids is 1. The van der Waals surface area contributed by atoms with Crippen LogP contribution in [0.5, 0.6) is 0 Å². The van der Waals surface area contributed by atoms with Gasteiger partial charge in [0.15, 0.2) is 7.05 Å². The van der Waals surface area contributed by atoms with Gasteiger partial charge in [-0.3, -0.25) is 9.32 Å². The molecule has 2 aromatic heterocycles. The molecule has 33 heavy (non-hydrogen) atoms. The fourth-order valence-corrected chi connectivity index (χ4v) is 3.65. The number of amides is 1. The van der Waals surface area contributed by atoms with Gasteiger partial charge in [0.05, 0.1) is 16.9 Å². The SMILES string of the molecule is C[n+]1[nH]oc(=O)c1-c1c(C#N)c(N)nc(SCC(=O)Nc2cccc(C(F)(F)F)c2)c1C#N. The Morgan fingerprint density at radius 2 is 2.03 bits per heavy atom. The Labute approximate surface area is 187 Å². The van der Waals surface area contributed by atoms with Gasteiger partial charge in [-0.2, -0.15) is 23.7 Å². The molecule has 10 nitrogen and oxygen atoms in total. The van der Waals surface area contributed by atoms with E-state index in [-0.39, 0.29) is 44.7 Å². The number of alkyl halides is 3. The summed E-state index contributed by atoms with van der Waals surface area (Å²) < 4.78 is 44.4. The Morgan fingerprint density at radius 1 is 1.33 bits per heavy atom. The molecule has 168 valence electrons. The van der Waals surface area contributed by atoms with Gasteiger partial charge in [0.2, 0.25) is 5.91 Å². The van der Waals surface area contributed by atoms with E-state index in [9.17, 15) is 33.3 Å². The van der Waals surface area contributed by atoms with E-state index in [1.807, 2.05) is 6.07 Å². The van der Waals surface area contributed by atoms with Gasteiger partial charge < -0.3 is 11.1 Å². The first-order chi connectivity index (χ1) is 15.6. The molecule has 0 radical (unpaired) electrons. The second-order valence-corrected chi connectivity index (χ2v) is 7.42. The molecule has 0 spiro atoms. The van der Waals surface area contributed by atoms with Crippen molar-refractivity contribution in [1.29, 1.82) is 10.5 Å². The molecule has 14 heteroatoms. The highest BCUT2D eigenvalue weighted by Crippen LogP contribution is 2.33. The van der Waals surface area contributed by atoms with E-state index in [1.54, 1.807) is 6.07 Å². The number of anilines is 2. The third kappa shape index (κ3) is 4.81. The van der Waals surface area contributed by atoms with Crippen LogP contribution in [0.4, 0.5) is 24.7 Å². The quantitative estimate of drug-likeness (QED) is 0.371. The molecule has 0 fully saturated rings. The molecule has 1 amide bonds. The van der Waals surface area contributed by atoms with E-state index in [0.717, 1.165) is 34.6 Å². The fraction of sp³-hybridized carbons (Fsp3) is 0.158. The number of nitrogens with one attached hydrogen (secondary N) is 2. The number of nitrogen functional groups attached to an aromatic ring is 1. The minimum Gasteiger partial charge on any atom is -0.383 e. The van der Waals surface area contributed by atoms with Gasteiger partial charge in [-0.05, 0) is 23.5 Å². The maximum Gasteiger partial charge on any atom is 0.435 e. The normalized spacial score (nSPS) is 11.0. The summed E-state index contributed by atoms with van der Waals surface area (Å²) in [5, 5.41) is 23.7. The topological polar surface area (TPSA) is 165 Å². The van der Waals surface area contributed by atoms with Gasteiger partial charge in [0.25, 0.3) is 0 Å². The maximum absolute atomic E-state index is 12.8. The molecule has 1 aromatic carbocycles. The first-order valence-electron chi connectivity index (χ1n) is 8.88. The van der Waals surface area contributed by atoms with E-state index in [4.69, 9.17) is 5.73 Å². The molecule has 0 saturated heterocycles. The average Bonchev–Trinajstić information content (AvgIpc) is 3.09. The summed E-state index contributed by atoms with van der Waals surface area (Å²) in [7, 11) is 1.41. The number of benzene rings is 1. The number of halogens is 3. The number of aromatic nitrogens is 3. The number of hydrogen-bond donors (Lipinski definition) is 3. The third-order valence-corrected chi connectivity index (χ3v) is 5.25. The predicted molar refractivity (Wildman–Crippen MR) is 108 cm³/mol. The van der Waals surface area contributed by atoms with E-state index < -0.39 is 23.3 Å². The van der Waals surface area contributed by atoms with Crippen LogP contribution in [-0.2, 0) is 18.0 Å². The van der Waals surface area contributed by atoms with Crippen molar-refractivity contribution in [2.45, 2.75) is 11.2 Å². The van der Waals surface area contributed by atoms with Crippen LogP contribution in [-0.4, -0.2) is 21.9 Å². The van der Waals surface area contributed by atoms with Crippen molar-refractivity contribution in [3.63, 3.8) is 0 Å².